The number of hydrogen-bond acceptors (Lipinski definition) is 3. The molecule has 0 aromatic heterocycles. The van der Waals surface area contributed by atoms with Gasteiger partial charge in [-0.2, -0.15) is 0 Å². The summed E-state index contributed by atoms with van der Waals surface area (Å²) >= 11 is 5.77. The number of rotatable bonds is 4. The summed E-state index contributed by atoms with van der Waals surface area (Å²) in [6.07, 6.45) is 0.467. The van der Waals surface area contributed by atoms with E-state index in [2.05, 4.69) is 0 Å². The van der Waals surface area contributed by atoms with Gasteiger partial charge in [0.25, 0.3) is 5.78 Å². The molecule has 1 aromatic rings. The van der Waals surface area contributed by atoms with Gasteiger partial charge in [-0.05, 0) is 24.1 Å². The van der Waals surface area contributed by atoms with E-state index in [9.17, 15) is 14.4 Å². The Bertz CT molecular complexity index is 526. The van der Waals surface area contributed by atoms with Crippen LogP contribution in [-0.2, 0) is 20.9 Å². The van der Waals surface area contributed by atoms with Crippen molar-refractivity contribution in [3.63, 3.8) is 0 Å². The van der Waals surface area contributed by atoms with Crippen LogP contribution in [0, 0.1) is 0 Å². The zero-order chi connectivity index (χ0) is 14.0. The lowest BCUT2D eigenvalue weighted by Crippen LogP contribution is -2.41. The number of ketones is 1. The van der Waals surface area contributed by atoms with Crippen molar-refractivity contribution in [3.05, 3.63) is 34.9 Å². The average Bonchev–Trinajstić information content (AvgIpc) is 2.73. The Balaban J connectivity index is 2.16. The van der Waals surface area contributed by atoms with Gasteiger partial charge < -0.3 is 10.0 Å². The second kappa shape index (κ2) is 5.40. The second-order valence-corrected chi connectivity index (χ2v) is 4.81. The number of likely N-dealkylation sites (tertiary alicyclic amines) is 1. The minimum atomic E-state index is -1.50. The Morgan fingerprint density at radius 1 is 1.32 bits per heavy atom. The molecule has 0 bridgehead atoms. The molecule has 1 heterocycles. The third-order valence-electron chi connectivity index (χ3n) is 3.11. The first kappa shape index (κ1) is 13.5. The second-order valence-electron chi connectivity index (χ2n) is 4.37. The number of carboxylic acids is 1. The molecule has 5 nitrogen and oxygen atoms in total. The van der Waals surface area contributed by atoms with Crippen LogP contribution in [0.25, 0.3) is 0 Å². The van der Waals surface area contributed by atoms with Crippen molar-refractivity contribution < 1.29 is 19.5 Å². The lowest BCUT2D eigenvalue weighted by Gasteiger charge is -2.22. The summed E-state index contributed by atoms with van der Waals surface area (Å²) in [5.74, 6) is -2.63. The van der Waals surface area contributed by atoms with Gasteiger partial charge in [0.1, 0.15) is 6.04 Å². The summed E-state index contributed by atoms with van der Waals surface area (Å²) in [4.78, 5) is 35.3. The van der Waals surface area contributed by atoms with E-state index < -0.39 is 17.8 Å². The van der Waals surface area contributed by atoms with Gasteiger partial charge in [-0.15, -0.1) is 0 Å². The number of benzene rings is 1. The molecule has 100 valence electrons. The Kier molecular flexibility index (Phi) is 3.85. The number of nitrogens with zero attached hydrogens (tertiary/aromatic N) is 1. The van der Waals surface area contributed by atoms with Crippen molar-refractivity contribution in [1.82, 2.24) is 4.90 Å². The van der Waals surface area contributed by atoms with E-state index in [1.807, 2.05) is 0 Å². The van der Waals surface area contributed by atoms with Crippen LogP contribution in [0.15, 0.2) is 24.3 Å². The highest BCUT2D eigenvalue weighted by atomic mass is 35.5. The van der Waals surface area contributed by atoms with E-state index in [-0.39, 0.29) is 25.3 Å². The van der Waals surface area contributed by atoms with Crippen molar-refractivity contribution in [3.8, 4) is 0 Å². The Labute approximate surface area is 114 Å². The molecule has 1 saturated heterocycles. The van der Waals surface area contributed by atoms with E-state index >= 15 is 0 Å². The van der Waals surface area contributed by atoms with Crippen LogP contribution in [0.4, 0.5) is 0 Å². The summed E-state index contributed by atoms with van der Waals surface area (Å²) in [6, 6.07) is 6.00. The lowest BCUT2D eigenvalue weighted by molar-refractivity contribution is -0.152. The van der Waals surface area contributed by atoms with Crippen LogP contribution in [0.1, 0.15) is 18.4 Å². The topological polar surface area (TPSA) is 74.7 Å². The fourth-order valence-corrected chi connectivity index (χ4v) is 2.26. The van der Waals surface area contributed by atoms with Gasteiger partial charge in [0.05, 0.1) is 0 Å². The Morgan fingerprint density at radius 2 is 1.95 bits per heavy atom. The number of Topliss-reactive ketones (excluding diaryl/α,β-unsaturated/α-hetero) is 1. The first-order valence-electron chi connectivity index (χ1n) is 5.80. The van der Waals surface area contributed by atoms with E-state index in [1.165, 1.54) is 4.90 Å². The number of carbonyl (C=O) groups is 3. The van der Waals surface area contributed by atoms with Crippen molar-refractivity contribution in [1.29, 1.82) is 0 Å². The van der Waals surface area contributed by atoms with E-state index in [4.69, 9.17) is 16.7 Å². The standard InChI is InChI=1S/C13H12ClNO4/c14-9-3-1-8(2-4-9)7-15-10(5-6-11(15)16)12(17)13(18)19/h1-4,10H,5-7H2,(H,18,19)/t10-/m1/s1. The predicted octanol–water partition coefficient (Wildman–Crippen LogP) is 1.48. The maximum absolute atomic E-state index is 11.7. The van der Waals surface area contributed by atoms with E-state index in [0.717, 1.165) is 5.56 Å². The zero-order valence-corrected chi connectivity index (χ0v) is 10.8. The average molecular weight is 282 g/mol. The van der Waals surface area contributed by atoms with Crippen molar-refractivity contribution in [2.75, 3.05) is 0 Å². The van der Waals surface area contributed by atoms with E-state index in [0.29, 0.717) is 5.02 Å². The maximum atomic E-state index is 11.7. The molecule has 19 heavy (non-hydrogen) atoms. The number of carboxylic acid groups (broad SMARTS) is 1. The highest BCUT2D eigenvalue weighted by molar-refractivity contribution is 6.35. The van der Waals surface area contributed by atoms with Gasteiger partial charge in [-0.1, -0.05) is 23.7 Å². The van der Waals surface area contributed by atoms with Gasteiger partial charge in [-0.3, -0.25) is 9.59 Å². The van der Waals surface area contributed by atoms with E-state index in [1.54, 1.807) is 24.3 Å². The normalized spacial score (nSPS) is 18.7. The molecule has 2 rings (SSSR count). The van der Waals surface area contributed by atoms with Crippen LogP contribution < -0.4 is 0 Å². The predicted molar refractivity (Wildman–Crippen MR) is 67.7 cm³/mol. The number of hydrogen-bond donors (Lipinski definition) is 1. The quantitative estimate of drug-likeness (QED) is 0.849. The molecule has 6 heteroatoms. The highest BCUT2D eigenvalue weighted by Crippen LogP contribution is 2.23. The van der Waals surface area contributed by atoms with Crippen molar-refractivity contribution in [2.45, 2.75) is 25.4 Å². The van der Waals surface area contributed by atoms with Gasteiger partial charge >= 0.3 is 5.97 Å². The van der Waals surface area contributed by atoms with Crippen LogP contribution in [0.3, 0.4) is 0 Å². The smallest absolute Gasteiger partial charge is 0.374 e. The Hall–Kier alpha value is -1.88. The van der Waals surface area contributed by atoms with Gasteiger partial charge in [0.15, 0.2) is 0 Å². The summed E-state index contributed by atoms with van der Waals surface area (Å²) in [5.41, 5.74) is 0.808. The van der Waals surface area contributed by atoms with Gasteiger partial charge in [0.2, 0.25) is 5.91 Å². The fourth-order valence-electron chi connectivity index (χ4n) is 2.13. The molecular weight excluding hydrogens is 270 g/mol. The first-order valence-corrected chi connectivity index (χ1v) is 6.18. The molecule has 0 aliphatic carbocycles. The fraction of sp³-hybridized carbons (Fsp3) is 0.308. The van der Waals surface area contributed by atoms with Crippen LogP contribution in [-0.4, -0.2) is 33.7 Å². The molecule has 0 spiro atoms. The van der Waals surface area contributed by atoms with Crippen molar-refractivity contribution in [2.24, 2.45) is 0 Å². The van der Waals surface area contributed by atoms with Crippen LogP contribution >= 0.6 is 11.6 Å². The molecule has 1 atom stereocenters. The third kappa shape index (κ3) is 2.93. The van der Waals surface area contributed by atoms with Gasteiger partial charge in [0, 0.05) is 18.0 Å². The largest absolute Gasteiger partial charge is 0.475 e. The molecule has 1 aromatic carbocycles. The molecule has 1 aliphatic heterocycles. The monoisotopic (exact) mass is 281 g/mol. The zero-order valence-electron chi connectivity index (χ0n) is 10.0. The number of halogens is 1. The SMILES string of the molecule is O=C(O)C(=O)[C@H]1CCC(=O)N1Cc1ccc(Cl)cc1. The molecular formula is C13H12ClNO4. The highest BCUT2D eigenvalue weighted by Gasteiger charge is 2.38. The lowest BCUT2D eigenvalue weighted by atomic mass is 10.1. The minimum Gasteiger partial charge on any atom is -0.475 e. The number of aliphatic carboxylic acids is 1. The molecule has 0 radical (unpaired) electrons. The Morgan fingerprint density at radius 3 is 2.53 bits per heavy atom. The summed E-state index contributed by atoms with van der Waals surface area (Å²) in [5, 5.41) is 9.32. The number of amides is 1. The molecule has 0 unspecified atom stereocenters. The van der Waals surface area contributed by atoms with Gasteiger partial charge in [-0.25, -0.2) is 4.79 Å². The number of carbonyl (C=O) groups excluding carboxylic acids is 2. The molecule has 1 fully saturated rings. The minimum absolute atomic E-state index is 0.199. The molecule has 0 saturated carbocycles. The molecule has 1 aliphatic rings. The maximum Gasteiger partial charge on any atom is 0.374 e. The molecule has 1 amide bonds. The third-order valence-corrected chi connectivity index (χ3v) is 3.36. The van der Waals surface area contributed by atoms with Crippen molar-refractivity contribution >= 4 is 29.3 Å². The summed E-state index contributed by atoms with van der Waals surface area (Å²) in [7, 11) is 0. The molecule has 1 N–H and O–H groups in total. The van der Waals surface area contributed by atoms with Crippen LogP contribution in [0.5, 0.6) is 0 Å². The summed E-state index contributed by atoms with van der Waals surface area (Å²) in [6.45, 7) is 0.222. The van der Waals surface area contributed by atoms with Crippen LogP contribution in [0.2, 0.25) is 5.02 Å². The first-order chi connectivity index (χ1) is 8.99. The summed E-state index contributed by atoms with van der Waals surface area (Å²) < 4.78 is 0.